The molecule has 0 amide bonds. The molecular weight excluding hydrogens is 196 g/mol. The lowest BCUT2D eigenvalue weighted by Gasteiger charge is -2.11. The summed E-state index contributed by atoms with van der Waals surface area (Å²) < 4.78 is 0. The van der Waals surface area contributed by atoms with Gasteiger partial charge in [-0.05, 0) is 55.2 Å². The maximum atomic E-state index is 5.71. The maximum Gasteiger partial charge on any atom is 0.123 e. The highest BCUT2D eigenvalue weighted by atomic mass is 14.8. The van der Waals surface area contributed by atoms with E-state index in [1.165, 1.54) is 22.3 Å². The fourth-order valence-corrected chi connectivity index (χ4v) is 2.24. The predicted octanol–water partition coefficient (Wildman–Crippen LogP) is 3.26. The third kappa shape index (κ3) is 1.91. The summed E-state index contributed by atoms with van der Waals surface area (Å²) in [5, 5.41) is 0. The van der Waals surface area contributed by atoms with E-state index in [4.69, 9.17) is 5.73 Å². The van der Waals surface area contributed by atoms with Crippen LogP contribution in [0.4, 0.5) is 5.82 Å². The van der Waals surface area contributed by atoms with Crippen molar-refractivity contribution in [1.29, 1.82) is 0 Å². The van der Waals surface area contributed by atoms with Crippen molar-refractivity contribution in [3.63, 3.8) is 0 Å². The monoisotopic (exact) mass is 212 g/mol. The molecular formula is C14H16N2. The molecule has 0 saturated carbocycles. The number of aryl methyl sites for hydroxylation is 3. The SMILES string of the molecule is Cc1cc(C)c(-c2ccnc(N)c2)c(C)c1. The molecule has 1 heterocycles. The fraction of sp³-hybridized carbons (Fsp3) is 0.214. The Bertz CT molecular complexity index is 507. The highest BCUT2D eigenvalue weighted by Crippen LogP contribution is 2.28. The summed E-state index contributed by atoms with van der Waals surface area (Å²) >= 11 is 0. The Balaban J connectivity index is 2.64. The molecule has 0 saturated heterocycles. The molecule has 0 aliphatic carbocycles. The van der Waals surface area contributed by atoms with E-state index in [9.17, 15) is 0 Å². The average Bonchev–Trinajstić information content (AvgIpc) is 2.15. The number of hydrogen-bond acceptors (Lipinski definition) is 2. The first-order valence-electron chi connectivity index (χ1n) is 5.37. The Morgan fingerprint density at radius 3 is 2.19 bits per heavy atom. The first-order valence-corrected chi connectivity index (χ1v) is 5.37. The molecule has 16 heavy (non-hydrogen) atoms. The summed E-state index contributed by atoms with van der Waals surface area (Å²) in [4.78, 5) is 4.02. The standard InChI is InChI=1S/C14H16N2/c1-9-6-10(2)14(11(3)7-9)12-4-5-16-13(15)8-12/h4-8H,1-3H3,(H2,15,16). The van der Waals surface area contributed by atoms with Gasteiger partial charge in [0.1, 0.15) is 5.82 Å². The van der Waals surface area contributed by atoms with Crippen LogP contribution in [0.3, 0.4) is 0 Å². The van der Waals surface area contributed by atoms with Crippen LogP contribution in [-0.4, -0.2) is 4.98 Å². The largest absolute Gasteiger partial charge is 0.384 e. The van der Waals surface area contributed by atoms with Gasteiger partial charge < -0.3 is 5.73 Å². The van der Waals surface area contributed by atoms with Crippen LogP contribution in [0.15, 0.2) is 30.5 Å². The van der Waals surface area contributed by atoms with Crippen LogP contribution in [0, 0.1) is 20.8 Å². The second-order valence-corrected chi connectivity index (χ2v) is 4.24. The van der Waals surface area contributed by atoms with Gasteiger partial charge in [0.15, 0.2) is 0 Å². The zero-order valence-electron chi connectivity index (χ0n) is 9.91. The predicted molar refractivity (Wildman–Crippen MR) is 68.3 cm³/mol. The third-order valence-corrected chi connectivity index (χ3v) is 2.75. The highest BCUT2D eigenvalue weighted by Gasteiger charge is 2.06. The minimum Gasteiger partial charge on any atom is -0.384 e. The van der Waals surface area contributed by atoms with E-state index in [0.717, 1.165) is 5.56 Å². The Morgan fingerprint density at radius 2 is 1.62 bits per heavy atom. The topological polar surface area (TPSA) is 38.9 Å². The van der Waals surface area contributed by atoms with Crippen LogP contribution < -0.4 is 5.73 Å². The van der Waals surface area contributed by atoms with Crippen molar-refractivity contribution in [2.45, 2.75) is 20.8 Å². The van der Waals surface area contributed by atoms with E-state index in [1.54, 1.807) is 6.20 Å². The van der Waals surface area contributed by atoms with Gasteiger partial charge in [-0.3, -0.25) is 0 Å². The van der Waals surface area contributed by atoms with E-state index < -0.39 is 0 Å². The molecule has 1 aromatic heterocycles. The van der Waals surface area contributed by atoms with Crippen LogP contribution >= 0.6 is 0 Å². The summed E-state index contributed by atoms with van der Waals surface area (Å²) in [5.74, 6) is 0.567. The van der Waals surface area contributed by atoms with Crippen LogP contribution in [0.2, 0.25) is 0 Å². The molecule has 0 aliphatic heterocycles. The van der Waals surface area contributed by atoms with Crippen LogP contribution in [0.5, 0.6) is 0 Å². The number of rotatable bonds is 1. The minimum atomic E-state index is 0.567. The lowest BCUT2D eigenvalue weighted by Crippen LogP contribution is -1.93. The fourth-order valence-electron chi connectivity index (χ4n) is 2.24. The normalized spacial score (nSPS) is 10.4. The van der Waals surface area contributed by atoms with Crippen LogP contribution in [0.25, 0.3) is 11.1 Å². The van der Waals surface area contributed by atoms with Crippen molar-refractivity contribution in [3.05, 3.63) is 47.2 Å². The minimum absolute atomic E-state index is 0.567. The summed E-state index contributed by atoms with van der Waals surface area (Å²) in [7, 11) is 0. The molecule has 0 radical (unpaired) electrons. The van der Waals surface area contributed by atoms with Crippen molar-refractivity contribution in [3.8, 4) is 11.1 Å². The number of benzene rings is 1. The Morgan fingerprint density at radius 1 is 1.00 bits per heavy atom. The van der Waals surface area contributed by atoms with Crippen LogP contribution in [-0.2, 0) is 0 Å². The van der Waals surface area contributed by atoms with Gasteiger partial charge in [-0.2, -0.15) is 0 Å². The third-order valence-electron chi connectivity index (χ3n) is 2.75. The van der Waals surface area contributed by atoms with E-state index in [1.807, 2.05) is 12.1 Å². The van der Waals surface area contributed by atoms with Crippen molar-refractivity contribution in [2.24, 2.45) is 0 Å². The molecule has 1 aromatic carbocycles. The summed E-state index contributed by atoms with van der Waals surface area (Å²) in [6.45, 7) is 6.38. The van der Waals surface area contributed by atoms with Gasteiger partial charge in [0.05, 0.1) is 0 Å². The van der Waals surface area contributed by atoms with Gasteiger partial charge in [-0.1, -0.05) is 17.7 Å². The molecule has 0 aliphatic rings. The van der Waals surface area contributed by atoms with Gasteiger partial charge in [0, 0.05) is 6.20 Å². The van der Waals surface area contributed by atoms with E-state index >= 15 is 0 Å². The Hall–Kier alpha value is -1.83. The molecule has 0 atom stereocenters. The second kappa shape index (κ2) is 3.97. The first kappa shape index (κ1) is 10.7. The molecule has 2 N–H and O–H groups in total. The molecule has 82 valence electrons. The zero-order valence-corrected chi connectivity index (χ0v) is 9.91. The molecule has 0 bridgehead atoms. The second-order valence-electron chi connectivity index (χ2n) is 4.24. The molecule has 2 nitrogen and oxygen atoms in total. The smallest absolute Gasteiger partial charge is 0.123 e. The van der Waals surface area contributed by atoms with E-state index in [2.05, 4.69) is 37.9 Å². The lowest BCUT2D eigenvalue weighted by atomic mass is 9.94. The number of hydrogen-bond donors (Lipinski definition) is 1. The number of nitrogens with two attached hydrogens (primary N) is 1. The summed E-state index contributed by atoms with van der Waals surface area (Å²) in [5.41, 5.74) is 12.0. The van der Waals surface area contributed by atoms with Crippen molar-refractivity contribution in [2.75, 3.05) is 5.73 Å². The summed E-state index contributed by atoms with van der Waals surface area (Å²) in [6.07, 6.45) is 1.75. The van der Waals surface area contributed by atoms with Crippen molar-refractivity contribution < 1.29 is 0 Å². The number of nitrogens with zero attached hydrogens (tertiary/aromatic N) is 1. The Kier molecular flexibility index (Phi) is 2.65. The number of pyridine rings is 1. The average molecular weight is 212 g/mol. The lowest BCUT2D eigenvalue weighted by molar-refractivity contribution is 1.30. The highest BCUT2D eigenvalue weighted by molar-refractivity contribution is 5.72. The summed E-state index contributed by atoms with van der Waals surface area (Å²) in [6, 6.07) is 8.31. The molecule has 2 rings (SSSR count). The van der Waals surface area contributed by atoms with Gasteiger partial charge in [0.2, 0.25) is 0 Å². The van der Waals surface area contributed by atoms with E-state index in [0.29, 0.717) is 5.82 Å². The molecule has 2 aromatic rings. The van der Waals surface area contributed by atoms with Gasteiger partial charge in [-0.25, -0.2) is 4.98 Å². The zero-order chi connectivity index (χ0) is 11.7. The van der Waals surface area contributed by atoms with Gasteiger partial charge >= 0.3 is 0 Å². The molecule has 0 fully saturated rings. The number of nitrogen functional groups attached to an aromatic ring is 1. The van der Waals surface area contributed by atoms with Gasteiger partial charge in [0.25, 0.3) is 0 Å². The van der Waals surface area contributed by atoms with E-state index in [-0.39, 0.29) is 0 Å². The first-order chi connectivity index (χ1) is 7.58. The van der Waals surface area contributed by atoms with Crippen molar-refractivity contribution in [1.82, 2.24) is 4.98 Å². The molecule has 2 heteroatoms. The quantitative estimate of drug-likeness (QED) is 0.788. The number of aromatic nitrogens is 1. The Labute approximate surface area is 96.1 Å². The molecule has 0 unspecified atom stereocenters. The molecule has 0 spiro atoms. The maximum absolute atomic E-state index is 5.71. The van der Waals surface area contributed by atoms with Crippen molar-refractivity contribution >= 4 is 5.82 Å². The van der Waals surface area contributed by atoms with Crippen LogP contribution in [0.1, 0.15) is 16.7 Å². The number of anilines is 1. The van der Waals surface area contributed by atoms with Gasteiger partial charge in [-0.15, -0.1) is 0 Å².